The molecule has 2 aromatic heterocycles. The molecule has 0 aromatic carbocycles. The predicted octanol–water partition coefficient (Wildman–Crippen LogP) is 2.71. The van der Waals surface area contributed by atoms with Crippen molar-refractivity contribution in [2.75, 3.05) is 19.8 Å². The van der Waals surface area contributed by atoms with E-state index >= 15 is 0 Å². The van der Waals surface area contributed by atoms with Gasteiger partial charge < -0.3 is 19.0 Å². The molecule has 1 aliphatic carbocycles. The van der Waals surface area contributed by atoms with Crippen molar-refractivity contribution in [2.45, 2.75) is 45.6 Å². The largest absolute Gasteiger partial charge is 0.465 e. The first kappa shape index (κ1) is 15.4. The van der Waals surface area contributed by atoms with Crippen molar-refractivity contribution in [3.63, 3.8) is 0 Å². The highest BCUT2D eigenvalue weighted by atomic mass is 16.5. The average Bonchev–Trinajstić information content (AvgIpc) is 3.16. The summed E-state index contributed by atoms with van der Waals surface area (Å²) in [7, 11) is 0. The number of carbonyl (C=O) groups excluding carboxylic acids is 1. The number of amides is 1. The highest BCUT2D eigenvalue weighted by Gasteiger charge is 2.35. The number of hydrogen-bond acceptors (Lipinski definition) is 4. The number of furan rings is 1. The van der Waals surface area contributed by atoms with E-state index in [9.17, 15) is 4.79 Å². The summed E-state index contributed by atoms with van der Waals surface area (Å²) in [4.78, 5) is 22.9. The van der Waals surface area contributed by atoms with Crippen LogP contribution < -0.4 is 0 Å². The molecule has 0 bridgehead atoms. The Kier molecular flexibility index (Phi) is 3.92. The number of morpholine rings is 1. The lowest BCUT2D eigenvalue weighted by molar-refractivity contribution is -0.00515. The molecule has 1 atom stereocenters. The summed E-state index contributed by atoms with van der Waals surface area (Å²) in [6, 6.07) is -0.173. The summed E-state index contributed by atoms with van der Waals surface area (Å²) in [6.07, 6.45) is 5.92. The molecule has 1 saturated heterocycles. The Morgan fingerprint density at radius 1 is 1.33 bits per heavy atom. The number of rotatable bonds is 2. The highest BCUT2D eigenvalue weighted by molar-refractivity contribution is 5.97. The number of aromatic nitrogens is 2. The smallest absolute Gasteiger partial charge is 0.258 e. The van der Waals surface area contributed by atoms with Crippen LogP contribution in [0.5, 0.6) is 0 Å². The lowest BCUT2D eigenvalue weighted by Crippen LogP contribution is -2.44. The second-order valence-corrected chi connectivity index (χ2v) is 6.68. The van der Waals surface area contributed by atoms with Crippen LogP contribution in [0.4, 0.5) is 0 Å². The minimum Gasteiger partial charge on any atom is -0.465 e. The normalized spacial score (nSPS) is 20.9. The lowest BCUT2D eigenvalue weighted by Gasteiger charge is -2.34. The minimum atomic E-state index is -0.173. The number of nitrogens with one attached hydrogen (secondary N) is 1. The van der Waals surface area contributed by atoms with Crippen LogP contribution in [0.2, 0.25) is 0 Å². The minimum absolute atomic E-state index is 0.0433. The fourth-order valence-electron chi connectivity index (χ4n) is 3.80. The summed E-state index contributed by atoms with van der Waals surface area (Å²) in [6.45, 7) is 5.46. The molecule has 24 heavy (non-hydrogen) atoms. The molecule has 2 aliphatic rings. The number of nitrogens with zero attached hydrogens (tertiary/aromatic N) is 2. The maximum Gasteiger partial charge on any atom is 0.258 e. The summed E-state index contributed by atoms with van der Waals surface area (Å²) < 4.78 is 11.5. The molecule has 3 heterocycles. The Hall–Kier alpha value is -2.08. The summed E-state index contributed by atoms with van der Waals surface area (Å²) in [5, 5.41) is 0. The molecule has 1 N–H and O–H groups in total. The number of hydrogen-bond donors (Lipinski definition) is 1. The number of carbonyl (C=O) groups is 1. The van der Waals surface area contributed by atoms with E-state index in [0.717, 1.165) is 59.8 Å². The third kappa shape index (κ3) is 2.55. The van der Waals surface area contributed by atoms with E-state index in [0.29, 0.717) is 19.8 Å². The van der Waals surface area contributed by atoms with Crippen LogP contribution in [-0.2, 0) is 17.6 Å². The highest BCUT2D eigenvalue weighted by Crippen LogP contribution is 2.32. The van der Waals surface area contributed by atoms with E-state index in [4.69, 9.17) is 9.15 Å². The molecule has 0 spiro atoms. The molecule has 1 amide bonds. The zero-order valence-electron chi connectivity index (χ0n) is 14.2. The van der Waals surface area contributed by atoms with E-state index in [1.54, 1.807) is 6.20 Å². The van der Waals surface area contributed by atoms with E-state index in [1.807, 2.05) is 18.7 Å². The number of H-pyrrole nitrogens is 1. The lowest BCUT2D eigenvalue weighted by atomic mass is 9.94. The van der Waals surface area contributed by atoms with Gasteiger partial charge in [0, 0.05) is 30.4 Å². The Balaban J connectivity index is 1.68. The zero-order chi connectivity index (χ0) is 16.7. The van der Waals surface area contributed by atoms with Gasteiger partial charge in [-0.1, -0.05) is 0 Å². The zero-order valence-corrected chi connectivity index (χ0v) is 14.2. The monoisotopic (exact) mass is 329 g/mol. The van der Waals surface area contributed by atoms with E-state index in [-0.39, 0.29) is 11.9 Å². The third-order valence-electron chi connectivity index (χ3n) is 4.99. The summed E-state index contributed by atoms with van der Waals surface area (Å²) in [5.74, 6) is 2.57. The predicted molar refractivity (Wildman–Crippen MR) is 88.0 cm³/mol. The first-order chi connectivity index (χ1) is 11.6. The maximum absolute atomic E-state index is 13.3. The van der Waals surface area contributed by atoms with Gasteiger partial charge in [0.1, 0.15) is 23.4 Å². The van der Waals surface area contributed by atoms with Gasteiger partial charge in [-0.05, 0) is 33.1 Å². The number of aromatic amines is 1. The molecule has 2 aromatic rings. The van der Waals surface area contributed by atoms with Gasteiger partial charge in [0.25, 0.3) is 5.91 Å². The van der Waals surface area contributed by atoms with Crippen molar-refractivity contribution in [3.8, 4) is 0 Å². The quantitative estimate of drug-likeness (QED) is 0.919. The van der Waals surface area contributed by atoms with Crippen molar-refractivity contribution in [2.24, 2.45) is 0 Å². The third-order valence-corrected chi connectivity index (χ3v) is 4.99. The van der Waals surface area contributed by atoms with Crippen LogP contribution in [0.1, 0.15) is 57.8 Å². The first-order valence-corrected chi connectivity index (χ1v) is 8.66. The van der Waals surface area contributed by atoms with E-state index in [2.05, 4.69) is 9.97 Å². The Labute approximate surface area is 141 Å². The molecule has 0 saturated carbocycles. The van der Waals surface area contributed by atoms with Crippen molar-refractivity contribution in [1.82, 2.24) is 14.9 Å². The Morgan fingerprint density at radius 2 is 2.17 bits per heavy atom. The molecule has 128 valence electrons. The molecule has 6 nitrogen and oxygen atoms in total. The fourth-order valence-corrected chi connectivity index (χ4v) is 3.80. The molecular weight excluding hydrogens is 306 g/mol. The van der Waals surface area contributed by atoms with Gasteiger partial charge in [0.05, 0.1) is 18.8 Å². The van der Waals surface area contributed by atoms with Crippen molar-refractivity contribution >= 4 is 5.91 Å². The van der Waals surface area contributed by atoms with Gasteiger partial charge >= 0.3 is 0 Å². The average molecular weight is 329 g/mol. The van der Waals surface area contributed by atoms with E-state index in [1.165, 1.54) is 0 Å². The number of ether oxygens (including phenoxy) is 1. The van der Waals surface area contributed by atoms with Gasteiger partial charge in [-0.3, -0.25) is 4.79 Å². The molecule has 4 rings (SSSR count). The number of fused-ring (bicyclic) bond motifs is 1. The van der Waals surface area contributed by atoms with Gasteiger partial charge in [-0.15, -0.1) is 0 Å². The molecule has 1 aliphatic heterocycles. The Morgan fingerprint density at radius 3 is 2.96 bits per heavy atom. The van der Waals surface area contributed by atoms with Crippen molar-refractivity contribution < 1.29 is 13.9 Å². The van der Waals surface area contributed by atoms with Crippen LogP contribution in [0.25, 0.3) is 0 Å². The summed E-state index contributed by atoms with van der Waals surface area (Å²) in [5.41, 5.74) is 2.87. The topological polar surface area (TPSA) is 71.4 Å². The van der Waals surface area contributed by atoms with Crippen LogP contribution >= 0.6 is 0 Å². The van der Waals surface area contributed by atoms with Crippen molar-refractivity contribution in [1.29, 1.82) is 0 Å². The second kappa shape index (κ2) is 6.09. The first-order valence-electron chi connectivity index (χ1n) is 8.66. The number of aryl methyl sites for hydroxylation is 3. The maximum atomic E-state index is 13.3. The SMILES string of the molecule is Cc1cnc([C@@H]2COCCN2C(=O)c2c(C)oc3c2CCCC3)[nH]1. The van der Waals surface area contributed by atoms with Crippen LogP contribution in [0, 0.1) is 13.8 Å². The second-order valence-electron chi connectivity index (χ2n) is 6.68. The standard InChI is InChI=1S/C18H23N3O3/c1-11-9-19-17(20-11)14-10-23-8-7-21(14)18(22)16-12(2)24-15-6-4-3-5-13(15)16/h9,14H,3-8,10H2,1-2H3,(H,19,20)/t14-/m0/s1. The fraction of sp³-hybridized carbons (Fsp3) is 0.556. The van der Waals surface area contributed by atoms with E-state index < -0.39 is 0 Å². The molecule has 6 heteroatoms. The van der Waals surface area contributed by atoms with Gasteiger partial charge in [-0.2, -0.15) is 0 Å². The van der Waals surface area contributed by atoms with Crippen LogP contribution in [0.15, 0.2) is 10.6 Å². The van der Waals surface area contributed by atoms with Gasteiger partial charge in [-0.25, -0.2) is 4.98 Å². The van der Waals surface area contributed by atoms with Gasteiger partial charge in [0.2, 0.25) is 0 Å². The van der Waals surface area contributed by atoms with Crippen LogP contribution in [-0.4, -0.2) is 40.5 Å². The molecule has 1 fully saturated rings. The summed E-state index contributed by atoms with van der Waals surface area (Å²) >= 11 is 0. The van der Waals surface area contributed by atoms with Gasteiger partial charge in [0.15, 0.2) is 0 Å². The molecular formula is C18H23N3O3. The van der Waals surface area contributed by atoms with Crippen LogP contribution in [0.3, 0.4) is 0 Å². The molecule has 0 unspecified atom stereocenters. The Bertz CT molecular complexity index is 762. The number of imidazole rings is 1. The van der Waals surface area contributed by atoms with Crippen molar-refractivity contribution in [3.05, 3.63) is 40.4 Å². The molecule has 0 radical (unpaired) electrons.